The van der Waals surface area contributed by atoms with E-state index in [0.717, 1.165) is 49.4 Å². The van der Waals surface area contributed by atoms with E-state index in [1.807, 2.05) is 22.8 Å². The molecule has 0 fully saturated rings. The minimum atomic E-state index is 0.123. The number of hydrogen-bond acceptors (Lipinski definition) is 4. The molecule has 3 aromatic rings. The van der Waals surface area contributed by atoms with Gasteiger partial charge in [-0.05, 0) is 43.0 Å². The fraction of sp³-hybridized carbons (Fsp3) is 0.409. The van der Waals surface area contributed by atoms with E-state index < -0.39 is 0 Å². The van der Waals surface area contributed by atoms with Gasteiger partial charge in [-0.25, -0.2) is 0 Å². The number of amides is 1. The summed E-state index contributed by atoms with van der Waals surface area (Å²) in [5.74, 6) is 1.09. The molecule has 5 rings (SSSR count). The van der Waals surface area contributed by atoms with Crippen LogP contribution in [0.25, 0.3) is 11.1 Å². The summed E-state index contributed by atoms with van der Waals surface area (Å²) in [5.41, 5.74) is 8.44. The molecule has 4 heterocycles. The zero-order valence-electron chi connectivity index (χ0n) is 17.2. The third-order valence-corrected chi connectivity index (χ3v) is 6.36. The van der Waals surface area contributed by atoms with Crippen molar-refractivity contribution in [2.75, 3.05) is 18.0 Å². The van der Waals surface area contributed by atoms with Gasteiger partial charge >= 0.3 is 0 Å². The molecule has 1 aromatic carbocycles. The van der Waals surface area contributed by atoms with Crippen LogP contribution < -0.4 is 4.90 Å². The fourth-order valence-corrected chi connectivity index (χ4v) is 4.54. The van der Waals surface area contributed by atoms with Gasteiger partial charge in [0, 0.05) is 61.7 Å². The minimum absolute atomic E-state index is 0.123. The Balaban J connectivity index is 1.52. The van der Waals surface area contributed by atoms with Gasteiger partial charge in [-0.15, -0.1) is 0 Å². The van der Waals surface area contributed by atoms with E-state index in [9.17, 15) is 4.79 Å². The molecule has 0 unspecified atom stereocenters. The van der Waals surface area contributed by atoms with Gasteiger partial charge in [-0.3, -0.25) is 14.6 Å². The predicted octanol–water partition coefficient (Wildman–Crippen LogP) is 3.11. The minimum Gasteiger partial charge on any atom is -0.338 e. The molecule has 2 aromatic heterocycles. The SMILES string of the molecule is CC(=O)N1CCc2[nH]nc(N3CCCc4cc(-c5cnn(C)c5C)ccc43)c2C1. The van der Waals surface area contributed by atoms with Crippen molar-refractivity contribution >= 4 is 17.4 Å². The average Bonchev–Trinajstić information content (AvgIpc) is 3.30. The van der Waals surface area contributed by atoms with E-state index >= 15 is 0 Å². The maximum Gasteiger partial charge on any atom is 0.219 e. The Morgan fingerprint density at radius 1 is 1.21 bits per heavy atom. The van der Waals surface area contributed by atoms with Crippen LogP contribution >= 0.6 is 0 Å². The molecular weight excluding hydrogens is 364 g/mol. The summed E-state index contributed by atoms with van der Waals surface area (Å²) in [7, 11) is 1.98. The van der Waals surface area contributed by atoms with Crippen LogP contribution in [0.1, 0.15) is 35.9 Å². The first-order chi connectivity index (χ1) is 14.0. The van der Waals surface area contributed by atoms with Gasteiger partial charge in [0.25, 0.3) is 0 Å². The van der Waals surface area contributed by atoms with Crippen LogP contribution in [0.4, 0.5) is 11.5 Å². The van der Waals surface area contributed by atoms with Crippen LogP contribution in [0.3, 0.4) is 0 Å². The highest BCUT2D eigenvalue weighted by atomic mass is 16.2. The van der Waals surface area contributed by atoms with Crippen molar-refractivity contribution in [2.24, 2.45) is 7.05 Å². The second kappa shape index (κ2) is 6.76. The molecule has 7 heteroatoms. The second-order valence-electron chi connectivity index (χ2n) is 8.06. The molecule has 0 saturated heterocycles. The van der Waals surface area contributed by atoms with Gasteiger partial charge in [0.15, 0.2) is 5.82 Å². The van der Waals surface area contributed by atoms with Crippen LogP contribution in [-0.4, -0.2) is 43.9 Å². The Labute approximate surface area is 170 Å². The highest BCUT2D eigenvalue weighted by molar-refractivity contribution is 5.76. The number of aryl methyl sites for hydroxylation is 2. The molecule has 2 aliphatic heterocycles. The van der Waals surface area contributed by atoms with Crippen LogP contribution in [0.5, 0.6) is 0 Å². The van der Waals surface area contributed by atoms with Gasteiger partial charge in [-0.1, -0.05) is 6.07 Å². The number of nitrogens with zero attached hydrogens (tertiary/aromatic N) is 5. The summed E-state index contributed by atoms with van der Waals surface area (Å²) in [6, 6.07) is 6.69. The van der Waals surface area contributed by atoms with E-state index in [0.29, 0.717) is 6.54 Å². The van der Waals surface area contributed by atoms with Crippen LogP contribution in [-0.2, 0) is 31.2 Å². The van der Waals surface area contributed by atoms with Gasteiger partial charge < -0.3 is 9.80 Å². The molecule has 2 aliphatic rings. The monoisotopic (exact) mass is 390 g/mol. The summed E-state index contributed by atoms with van der Waals surface area (Å²) < 4.78 is 1.91. The molecule has 150 valence electrons. The maximum atomic E-state index is 11.9. The fourth-order valence-electron chi connectivity index (χ4n) is 4.54. The topological polar surface area (TPSA) is 70.1 Å². The average molecular weight is 390 g/mol. The first-order valence-corrected chi connectivity index (χ1v) is 10.2. The lowest BCUT2D eigenvalue weighted by Gasteiger charge is -2.32. The Hall–Kier alpha value is -3.09. The molecule has 7 nitrogen and oxygen atoms in total. The molecule has 0 atom stereocenters. The highest BCUT2D eigenvalue weighted by Crippen LogP contribution is 2.38. The van der Waals surface area contributed by atoms with E-state index in [2.05, 4.69) is 45.3 Å². The molecule has 0 aliphatic carbocycles. The van der Waals surface area contributed by atoms with Crippen molar-refractivity contribution in [1.29, 1.82) is 0 Å². The molecule has 0 radical (unpaired) electrons. The van der Waals surface area contributed by atoms with Crippen LogP contribution in [0.2, 0.25) is 0 Å². The van der Waals surface area contributed by atoms with E-state index in [1.165, 1.54) is 28.1 Å². The molecule has 0 spiro atoms. The largest absolute Gasteiger partial charge is 0.338 e. The van der Waals surface area contributed by atoms with Gasteiger partial charge in [-0.2, -0.15) is 10.2 Å². The summed E-state index contributed by atoms with van der Waals surface area (Å²) in [5, 5.41) is 12.3. The molecule has 0 bridgehead atoms. The quantitative estimate of drug-likeness (QED) is 0.730. The Bertz CT molecular complexity index is 1090. The lowest BCUT2D eigenvalue weighted by atomic mass is 9.96. The number of anilines is 2. The van der Waals surface area contributed by atoms with E-state index in [-0.39, 0.29) is 5.91 Å². The van der Waals surface area contributed by atoms with Crippen molar-refractivity contribution in [3.8, 4) is 11.1 Å². The van der Waals surface area contributed by atoms with Crippen molar-refractivity contribution in [3.05, 3.63) is 46.9 Å². The third kappa shape index (κ3) is 2.92. The number of benzene rings is 1. The van der Waals surface area contributed by atoms with Gasteiger partial charge in [0.1, 0.15) is 0 Å². The molecule has 29 heavy (non-hydrogen) atoms. The number of aromatic nitrogens is 4. The number of carbonyl (C=O) groups excluding carboxylic acids is 1. The highest BCUT2D eigenvalue weighted by Gasteiger charge is 2.29. The summed E-state index contributed by atoms with van der Waals surface area (Å²) in [6.45, 7) is 6.08. The molecule has 1 N–H and O–H groups in total. The number of H-pyrrole nitrogens is 1. The van der Waals surface area contributed by atoms with Crippen LogP contribution in [0.15, 0.2) is 24.4 Å². The summed E-state index contributed by atoms with van der Waals surface area (Å²) in [4.78, 5) is 16.1. The Morgan fingerprint density at radius 3 is 2.83 bits per heavy atom. The first kappa shape index (κ1) is 18.0. The van der Waals surface area contributed by atoms with E-state index in [4.69, 9.17) is 0 Å². The molecule has 0 saturated carbocycles. The normalized spacial score (nSPS) is 16.0. The number of hydrogen-bond donors (Lipinski definition) is 1. The Kier molecular flexibility index (Phi) is 4.19. The van der Waals surface area contributed by atoms with E-state index in [1.54, 1.807) is 6.92 Å². The number of nitrogens with one attached hydrogen (secondary N) is 1. The van der Waals surface area contributed by atoms with Crippen molar-refractivity contribution in [3.63, 3.8) is 0 Å². The lowest BCUT2D eigenvalue weighted by molar-refractivity contribution is -0.129. The zero-order chi connectivity index (χ0) is 20.1. The number of rotatable bonds is 2. The summed E-state index contributed by atoms with van der Waals surface area (Å²) >= 11 is 0. The molecule has 1 amide bonds. The number of fused-ring (bicyclic) bond motifs is 2. The predicted molar refractivity (Wildman–Crippen MR) is 112 cm³/mol. The smallest absolute Gasteiger partial charge is 0.219 e. The van der Waals surface area contributed by atoms with Crippen molar-refractivity contribution in [2.45, 2.75) is 39.7 Å². The summed E-state index contributed by atoms with van der Waals surface area (Å²) in [6.07, 6.45) is 4.92. The lowest BCUT2D eigenvalue weighted by Crippen LogP contribution is -2.35. The number of aromatic amines is 1. The first-order valence-electron chi connectivity index (χ1n) is 10.2. The standard InChI is InChI=1S/C22H26N6O/c1-14-18(12-23-26(14)3)16-6-7-21-17(11-16)5-4-9-28(21)22-19-13-27(15(2)29)10-8-20(19)24-25-22/h6-7,11-12H,4-5,8-10,13H2,1-3H3,(H,24,25). The van der Waals surface area contributed by atoms with Crippen molar-refractivity contribution < 1.29 is 4.79 Å². The van der Waals surface area contributed by atoms with Gasteiger partial charge in [0.2, 0.25) is 5.91 Å². The second-order valence-corrected chi connectivity index (χ2v) is 8.06. The molecular formula is C22H26N6O. The third-order valence-electron chi connectivity index (χ3n) is 6.36. The number of carbonyl (C=O) groups is 1. The zero-order valence-corrected chi connectivity index (χ0v) is 17.2. The van der Waals surface area contributed by atoms with Crippen molar-refractivity contribution in [1.82, 2.24) is 24.9 Å². The van der Waals surface area contributed by atoms with Crippen LogP contribution in [0, 0.1) is 6.92 Å². The Morgan fingerprint density at radius 2 is 2.07 bits per heavy atom. The van der Waals surface area contributed by atoms with Gasteiger partial charge in [0.05, 0.1) is 12.7 Å². The maximum absolute atomic E-state index is 11.9.